The number of aromatic nitrogens is 2. The van der Waals surface area contributed by atoms with Gasteiger partial charge in [-0.3, -0.25) is 0 Å². The molecule has 0 aliphatic carbocycles. The lowest BCUT2D eigenvalue weighted by Crippen LogP contribution is -2.35. The molecule has 0 bridgehead atoms. The Morgan fingerprint density at radius 3 is 2.50 bits per heavy atom. The molecule has 0 unspecified atom stereocenters. The fraction of sp³-hybridized carbons (Fsp3) is 0.400. The summed E-state index contributed by atoms with van der Waals surface area (Å²) >= 11 is 0. The molecule has 0 fully saturated rings. The first-order valence-electron chi connectivity index (χ1n) is 6.25. The molecule has 2 aromatic rings. The molecule has 18 heavy (non-hydrogen) atoms. The molecule has 0 spiro atoms. The maximum atomic E-state index is 4.29. The lowest BCUT2D eigenvalue weighted by Gasteiger charge is -2.25. The summed E-state index contributed by atoms with van der Waals surface area (Å²) in [6.45, 7) is 8.58. The van der Waals surface area contributed by atoms with Crippen molar-refractivity contribution in [3.05, 3.63) is 47.5 Å². The molecule has 1 heterocycles. The Kier molecular flexibility index (Phi) is 3.26. The summed E-state index contributed by atoms with van der Waals surface area (Å²) in [4.78, 5) is 4.29. The lowest BCUT2D eigenvalue weighted by atomic mass is 10.0. The Bertz CT molecular complexity index is 553. The van der Waals surface area contributed by atoms with E-state index in [0.717, 1.165) is 11.4 Å². The highest BCUT2D eigenvalue weighted by molar-refractivity contribution is 5.41. The monoisotopic (exact) mass is 243 g/mol. The number of rotatable bonds is 3. The summed E-state index contributed by atoms with van der Waals surface area (Å²) < 4.78 is 2.14. The molecule has 1 aromatic heterocycles. The largest absolute Gasteiger partial charge is 0.310 e. The van der Waals surface area contributed by atoms with E-state index in [1.807, 2.05) is 19.6 Å². The zero-order valence-electron chi connectivity index (χ0n) is 11.8. The van der Waals surface area contributed by atoms with Gasteiger partial charge in [-0.15, -0.1) is 0 Å². The van der Waals surface area contributed by atoms with Gasteiger partial charge in [-0.25, -0.2) is 4.98 Å². The van der Waals surface area contributed by atoms with Crippen molar-refractivity contribution in [2.75, 3.05) is 7.05 Å². The van der Waals surface area contributed by atoms with Crippen LogP contribution in [0.5, 0.6) is 0 Å². The Balaban J connectivity index is 2.52. The molecule has 3 nitrogen and oxygen atoms in total. The number of benzene rings is 1. The van der Waals surface area contributed by atoms with Crippen molar-refractivity contribution >= 4 is 0 Å². The molecule has 0 saturated carbocycles. The Labute approximate surface area is 109 Å². The standard InChI is InChI=1S/C15H21N3/c1-11-6-7-13(8-12(11)2)18-10-17-9-14(18)15(3,4)16-5/h6-10,16H,1-5H3. The van der Waals surface area contributed by atoms with Crippen molar-refractivity contribution in [3.63, 3.8) is 0 Å². The van der Waals surface area contributed by atoms with Crippen LogP contribution in [0.15, 0.2) is 30.7 Å². The minimum Gasteiger partial charge on any atom is -0.310 e. The second kappa shape index (κ2) is 4.58. The van der Waals surface area contributed by atoms with Gasteiger partial charge in [-0.2, -0.15) is 0 Å². The predicted octanol–water partition coefficient (Wildman–Crippen LogP) is 2.94. The summed E-state index contributed by atoms with van der Waals surface area (Å²) in [6, 6.07) is 6.49. The second-order valence-corrected chi connectivity index (χ2v) is 5.29. The topological polar surface area (TPSA) is 29.9 Å². The van der Waals surface area contributed by atoms with Crippen LogP contribution in [0.2, 0.25) is 0 Å². The highest BCUT2D eigenvalue weighted by Crippen LogP contribution is 2.23. The van der Waals surface area contributed by atoms with Crippen LogP contribution in [0.1, 0.15) is 30.7 Å². The van der Waals surface area contributed by atoms with Gasteiger partial charge < -0.3 is 9.88 Å². The number of imidazole rings is 1. The van der Waals surface area contributed by atoms with Crippen molar-refractivity contribution in [1.29, 1.82) is 0 Å². The molecule has 0 radical (unpaired) electrons. The van der Waals surface area contributed by atoms with Gasteiger partial charge in [-0.05, 0) is 58.0 Å². The minimum absolute atomic E-state index is 0.102. The van der Waals surface area contributed by atoms with E-state index >= 15 is 0 Å². The van der Waals surface area contributed by atoms with Gasteiger partial charge in [0.2, 0.25) is 0 Å². The highest BCUT2D eigenvalue weighted by atomic mass is 15.1. The van der Waals surface area contributed by atoms with Crippen molar-refractivity contribution in [2.24, 2.45) is 0 Å². The third kappa shape index (κ3) is 2.18. The van der Waals surface area contributed by atoms with E-state index in [0.29, 0.717) is 0 Å². The first-order valence-corrected chi connectivity index (χ1v) is 6.25. The van der Waals surface area contributed by atoms with Gasteiger partial charge in [0.05, 0.1) is 23.8 Å². The molecular formula is C15H21N3. The van der Waals surface area contributed by atoms with E-state index in [9.17, 15) is 0 Å². The SMILES string of the molecule is CNC(C)(C)c1cncn1-c1ccc(C)c(C)c1. The number of hydrogen-bond donors (Lipinski definition) is 1. The summed E-state index contributed by atoms with van der Waals surface area (Å²) in [5, 5.41) is 3.32. The van der Waals surface area contributed by atoms with Gasteiger partial charge in [0.1, 0.15) is 0 Å². The smallest absolute Gasteiger partial charge is 0.0994 e. The van der Waals surface area contributed by atoms with Crippen LogP contribution in [-0.2, 0) is 5.54 Å². The fourth-order valence-electron chi connectivity index (χ4n) is 1.97. The normalized spacial score (nSPS) is 11.8. The number of hydrogen-bond acceptors (Lipinski definition) is 2. The molecule has 96 valence electrons. The Morgan fingerprint density at radius 2 is 1.89 bits per heavy atom. The van der Waals surface area contributed by atoms with Crippen LogP contribution in [-0.4, -0.2) is 16.6 Å². The van der Waals surface area contributed by atoms with E-state index in [1.54, 1.807) is 0 Å². The fourth-order valence-corrected chi connectivity index (χ4v) is 1.97. The molecule has 0 aliphatic rings. The van der Waals surface area contributed by atoms with Crippen molar-refractivity contribution in [3.8, 4) is 5.69 Å². The van der Waals surface area contributed by atoms with Crippen molar-refractivity contribution < 1.29 is 0 Å². The van der Waals surface area contributed by atoms with E-state index < -0.39 is 0 Å². The summed E-state index contributed by atoms with van der Waals surface area (Å²) in [7, 11) is 1.97. The van der Waals surface area contributed by atoms with Crippen molar-refractivity contribution in [1.82, 2.24) is 14.9 Å². The highest BCUT2D eigenvalue weighted by Gasteiger charge is 2.22. The predicted molar refractivity (Wildman–Crippen MR) is 75.1 cm³/mol. The average Bonchev–Trinajstić information content (AvgIpc) is 2.82. The zero-order valence-corrected chi connectivity index (χ0v) is 11.8. The van der Waals surface area contributed by atoms with Gasteiger partial charge in [0.25, 0.3) is 0 Å². The first-order chi connectivity index (χ1) is 8.45. The molecule has 1 aromatic carbocycles. The molecule has 0 aliphatic heterocycles. The van der Waals surface area contributed by atoms with Gasteiger partial charge in [0.15, 0.2) is 0 Å². The van der Waals surface area contributed by atoms with Crippen LogP contribution in [0.3, 0.4) is 0 Å². The van der Waals surface area contributed by atoms with Crippen LogP contribution < -0.4 is 5.32 Å². The zero-order chi connectivity index (χ0) is 13.3. The number of aryl methyl sites for hydroxylation is 2. The van der Waals surface area contributed by atoms with Crippen LogP contribution in [0.25, 0.3) is 5.69 Å². The van der Waals surface area contributed by atoms with Gasteiger partial charge >= 0.3 is 0 Å². The first kappa shape index (κ1) is 12.8. The minimum atomic E-state index is -0.102. The molecule has 3 heteroatoms. The maximum Gasteiger partial charge on any atom is 0.0994 e. The summed E-state index contributed by atoms with van der Waals surface area (Å²) in [5.74, 6) is 0. The Hall–Kier alpha value is -1.61. The molecule has 0 saturated heterocycles. The quantitative estimate of drug-likeness (QED) is 0.898. The van der Waals surface area contributed by atoms with Gasteiger partial charge in [-0.1, -0.05) is 6.07 Å². The molecule has 2 rings (SSSR count). The third-order valence-corrected chi connectivity index (χ3v) is 3.67. The van der Waals surface area contributed by atoms with E-state index in [4.69, 9.17) is 0 Å². The summed E-state index contributed by atoms with van der Waals surface area (Å²) in [6.07, 6.45) is 3.80. The van der Waals surface area contributed by atoms with Gasteiger partial charge in [0, 0.05) is 5.69 Å². The van der Waals surface area contributed by atoms with E-state index in [2.05, 4.69) is 60.8 Å². The van der Waals surface area contributed by atoms with E-state index in [1.165, 1.54) is 11.1 Å². The molecule has 0 amide bonds. The maximum absolute atomic E-state index is 4.29. The number of nitrogens with zero attached hydrogens (tertiary/aromatic N) is 2. The van der Waals surface area contributed by atoms with E-state index in [-0.39, 0.29) is 5.54 Å². The molecular weight excluding hydrogens is 222 g/mol. The summed E-state index contributed by atoms with van der Waals surface area (Å²) in [5.41, 5.74) is 4.83. The molecule has 1 N–H and O–H groups in total. The average molecular weight is 243 g/mol. The van der Waals surface area contributed by atoms with Crippen LogP contribution in [0.4, 0.5) is 0 Å². The van der Waals surface area contributed by atoms with Crippen molar-refractivity contribution in [2.45, 2.75) is 33.2 Å². The second-order valence-electron chi connectivity index (χ2n) is 5.29. The van der Waals surface area contributed by atoms with Crippen LogP contribution in [0, 0.1) is 13.8 Å². The molecule has 0 atom stereocenters. The Morgan fingerprint density at radius 1 is 1.17 bits per heavy atom. The third-order valence-electron chi connectivity index (χ3n) is 3.67. The number of nitrogens with one attached hydrogen (secondary N) is 1. The lowest BCUT2D eigenvalue weighted by molar-refractivity contribution is 0.425. The van der Waals surface area contributed by atoms with Crippen LogP contribution >= 0.6 is 0 Å².